The van der Waals surface area contributed by atoms with Gasteiger partial charge in [-0.25, -0.2) is 14.5 Å². The van der Waals surface area contributed by atoms with E-state index in [-0.39, 0.29) is 29.1 Å². The summed E-state index contributed by atoms with van der Waals surface area (Å²) in [6.07, 6.45) is 1.29. The zero-order valence-electron chi connectivity index (χ0n) is 19.4. The maximum atomic E-state index is 13.2. The maximum Gasteiger partial charge on any atom is 0.337 e. The highest BCUT2D eigenvalue weighted by Crippen LogP contribution is 2.26. The van der Waals surface area contributed by atoms with Crippen LogP contribution >= 0.6 is 0 Å². The van der Waals surface area contributed by atoms with Gasteiger partial charge in [-0.05, 0) is 42.0 Å². The van der Waals surface area contributed by atoms with E-state index in [1.807, 2.05) is 0 Å². The van der Waals surface area contributed by atoms with Crippen molar-refractivity contribution in [1.82, 2.24) is 5.32 Å². The second-order valence-electron chi connectivity index (χ2n) is 7.75. The van der Waals surface area contributed by atoms with Gasteiger partial charge in [0.2, 0.25) is 0 Å². The lowest BCUT2D eigenvalue weighted by molar-refractivity contribution is -0.384. The standard InChI is InChI=1S/C26H19N3O8/c1-36-25(32)17-9-11-19(12-10-17)28-24(31)21(23(30)27-26(28)33)14-18-6-2-3-8-22(18)37-15-16-5-4-7-20(13-16)29(34)35/h2-14H,15H2,1H3,(H,27,30,33)/b21-14+. The molecule has 0 atom stereocenters. The van der Waals surface area contributed by atoms with Crippen molar-refractivity contribution in [1.29, 1.82) is 0 Å². The predicted octanol–water partition coefficient (Wildman–Crippen LogP) is 3.63. The van der Waals surface area contributed by atoms with Gasteiger partial charge in [-0.3, -0.25) is 25.0 Å². The third-order valence-corrected chi connectivity index (χ3v) is 5.38. The second kappa shape index (κ2) is 10.5. The number of urea groups is 1. The summed E-state index contributed by atoms with van der Waals surface area (Å²) in [4.78, 5) is 61.2. The van der Waals surface area contributed by atoms with E-state index in [2.05, 4.69) is 10.1 Å². The number of methoxy groups -OCH3 is 1. The maximum absolute atomic E-state index is 13.2. The number of rotatable bonds is 7. The minimum Gasteiger partial charge on any atom is -0.488 e. The molecule has 4 rings (SSSR count). The van der Waals surface area contributed by atoms with Gasteiger partial charge in [0.1, 0.15) is 17.9 Å². The SMILES string of the molecule is COC(=O)c1ccc(N2C(=O)NC(=O)/C(=C\c3ccccc3OCc3cccc([N+](=O)[O-])c3)C2=O)cc1. The Bertz CT molecular complexity index is 1450. The number of ether oxygens (including phenoxy) is 2. The first-order valence-corrected chi connectivity index (χ1v) is 10.8. The van der Waals surface area contributed by atoms with Crippen LogP contribution in [0, 0.1) is 10.1 Å². The Balaban J connectivity index is 1.60. The monoisotopic (exact) mass is 501 g/mol. The van der Waals surface area contributed by atoms with E-state index in [9.17, 15) is 29.3 Å². The molecule has 0 aliphatic carbocycles. The molecular weight excluding hydrogens is 482 g/mol. The molecule has 0 bridgehead atoms. The number of nitrogens with one attached hydrogen (secondary N) is 1. The number of carbonyl (C=O) groups excluding carboxylic acids is 4. The van der Waals surface area contributed by atoms with E-state index in [1.54, 1.807) is 36.4 Å². The fourth-order valence-corrected chi connectivity index (χ4v) is 3.56. The number of imide groups is 2. The van der Waals surface area contributed by atoms with Crippen molar-refractivity contribution in [2.45, 2.75) is 6.61 Å². The van der Waals surface area contributed by atoms with Crippen LogP contribution in [0.2, 0.25) is 0 Å². The van der Waals surface area contributed by atoms with Crippen molar-refractivity contribution < 1.29 is 33.6 Å². The Kier molecular flexibility index (Phi) is 7.05. The molecule has 3 aromatic rings. The molecule has 3 aromatic carbocycles. The zero-order valence-corrected chi connectivity index (χ0v) is 19.4. The average molecular weight is 501 g/mol. The topological polar surface area (TPSA) is 145 Å². The quantitative estimate of drug-likeness (QED) is 0.170. The Morgan fingerprint density at radius 2 is 1.76 bits per heavy atom. The van der Waals surface area contributed by atoms with Gasteiger partial charge in [0.25, 0.3) is 17.5 Å². The van der Waals surface area contributed by atoms with Crippen molar-refractivity contribution in [3.8, 4) is 5.75 Å². The summed E-state index contributed by atoms with van der Waals surface area (Å²) in [5, 5.41) is 13.1. The van der Waals surface area contributed by atoms with E-state index in [1.165, 1.54) is 49.6 Å². The molecule has 1 saturated heterocycles. The molecule has 0 spiro atoms. The number of anilines is 1. The lowest BCUT2D eigenvalue weighted by Crippen LogP contribution is -2.54. The summed E-state index contributed by atoms with van der Waals surface area (Å²) in [7, 11) is 1.23. The van der Waals surface area contributed by atoms with Crippen LogP contribution in [-0.2, 0) is 20.9 Å². The molecule has 1 heterocycles. The Labute approximate surface area is 210 Å². The van der Waals surface area contributed by atoms with Crippen LogP contribution in [-0.4, -0.2) is 35.8 Å². The largest absolute Gasteiger partial charge is 0.488 e. The highest BCUT2D eigenvalue weighted by Gasteiger charge is 2.37. The Morgan fingerprint density at radius 3 is 2.46 bits per heavy atom. The molecule has 0 radical (unpaired) electrons. The number of benzene rings is 3. The molecule has 1 aliphatic rings. The van der Waals surface area contributed by atoms with E-state index in [0.717, 1.165) is 4.90 Å². The van der Waals surface area contributed by atoms with Crippen molar-refractivity contribution in [2.75, 3.05) is 12.0 Å². The predicted molar refractivity (Wildman–Crippen MR) is 131 cm³/mol. The van der Waals surface area contributed by atoms with Gasteiger partial charge in [0.05, 0.1) is 23.3 Å². The van der Waals surface area contributed by atoms with Gasteiger partial charge in [-0.2, -0.15) is 0 Å². The second-order valence-corrected chi connectivity index (χ2v) is 7.75. The van der Waals surface area contributed by atoms with Gasteiger partial charge >= 0.3 is 12.0 Å². The van der Waals surface area contributed by atoms with E-state index < -0.39 is 28.7 Å². The fourth-order valence-electron chi connectivity index (χ4n) is 3.56. The molecule has 11 heteroatoms. The summed E-state index contributed by atoms with van der Waals surface area (Å²) in [5.41, 5.74) is 0.895. The molecule has 1 fully saturated rings. The molecule has 1 N–H and O–H groups in total. The summed E-state index contributed by atoms with van der Waals surface area (Å²) >= 11 is 0. The van der Waals surface area contributed by atoms with Crippen molar-refractivity contribution in [3.63, 3.8) is 0 Å². The minimum atomic E-state index is -0.937. The molecule has 0 aromatic heterocycles. The molecule has 1 aliphatic heterocycles. The number of non-ortho nitro benzene ring substituents is 1. The molecule has 4 amide bonds. The number of hydrogen-bond acceptors (Lipinski definition) is 8. The Morgan fingerprint density at radius 1 is 1.03 bits per heavy atom. The van der Waals surface area contributed by atoms with Crippen LogP contribution < -0.4 is 15.0 Å². The highest BCUT2D eigenvalue weighted by molar-refractivity contribution is 6.39. The third kappa shape index (κ3) is 5.35. The third-order valence-electron chi connectivity index (χ3n) is 5.38. The molecule has 186 valence electrons. The molecule has 37 heavy (non-hydrogen) atoms. The first-order valence-electron chi connectivity index (χ1n) is 10.8. The number of para-hydroxylation sites is 1. The van der Waals surface area contributed by atoms with Crippen LogP contribution in [0.15, 0.2) is 78.4 Å². The molecule has 11 nitrogen and oxygen atoms in total. The zero-order chi connectivity index (χ0) is 26.5. The number of hydrogen-bond donors (Lipinski definition) is 1. The number of nitro benzene ring substituents is 1. The van der Waals surface area contributed by atoms with Crippen molar-refractivity contribution >= 4 is 41.3 Å². The van der Waals surface area contributed by atoms with Crippen LogP contribution in [0.3, 0.4) is 0 Å². The van der Waals surface area contributed by atoms with Crippen molar-refractivity contribution in [2.24, 2.45) is 0 Å². The van der Waals surface area contributed by atoms with Crippen LogP contribution in [0.5, 0.6) is 5.75 Å². The Hall–Kier alpha value is -5.32. The number of carbonyl (C=O) groups is 4. The average Bonchev–Trinajstić information content (AvgIpc) is 2.90. The first-order chi connectivity index (χ1) is 17.8. The summed E-state index contributed by atoms with van der Waals surface area (Å²) in [6.45, 7) is -0.000830. The fraction of sp³-hybridized carbons (Fsp3) is 0.0769. The van der Waals surface area contributed by atoms with E-state index >= 15 is 0 Å². The smallest absolute Gasteiger partial charge is 0.337 e. The highest BCUT2D eigenvalue weighted by atomic mass is 16.6. The van der Waals surface area contributed by atoms with E-state index in [4.69, 9.17) is 4.74 Å². The summed E-state index contributed by atoms with van der Waals surface area (Å²) in [6, 6.07) is 17.1. The summed E-state index contributed by atoms with van der Waals surface area (Å²) in [5.74, 6) is -2.02. The van der Waals surface area contributed by atoms with Crippen LogP contribution in [0.25, 0.3) is 6.08 Å². The number of nitro groups is 1. The summed E-state index contributed by atoms with van der Waals surface area (Å²) < 4.78 is 10.5. The van der Waals surface area contributed by atoms with Crippen molar-refractivity contribution in [3.05, 3.63) is 105 Å². The minimum absolute atomic E-state index is 0.000830. The molecular formula is C26H19N3O8. The van der Waals surface area contributed by atoms with Gasteiger partial charge in [-0.1, -0.05) is 30.3 Å². The number of barbiturate groups is 1. The van der Waals surface area contributed by atoms with Gasteiger partial charge in [-0.15, -0.1) is 0 Å². The first kappa shape index (κ1) is 24.8. The van der Waals surface area contributed by atoms with Crippen LogP contribution in [0.4, 0.5) is 16.2 Å². The number of nitrogens with zero attached hydrogens (tertiary/aromatic N) is 2. The lowest BCUT2D eigenvalue weighted by Gasteiger charge is -2.26. The normalized spacial score (nSPS) is 14.4. The van der Waals surface area contributed by atoms with E-state index in [0.29, 0.717) is 16.9 Å². The van der Waals surface area contributed by atoms with Gasteiger partial charge < -0.3 is 9.47 Å². The van der Waals surface area contributed by atoms with Crippen LogP contribution in [0.1, 0.15) is 21.5 Å². The molecule has 0 unspecified atom stereocenters. The molecule has 0 saturated carbocycles. The lowest BCUT2D eigenvalue weighted by atomic mass is 10.1. The number of esters is 1. The number of amides is 4. The van der Waals surface area contributed by atoms with Gasteiger partial charge in [0, 0.05) is 17.7 Å². The van der Waals surface area contributed by atoms with Gasteiger partial charge in [0.15, 0.2) is 0 Å².